The normalized spacial score (nSPS) is 15.8. The van der Waals surface area contributed by atoms with Crippen molar-refractivity contribution in [2.24, 2.45) is 4.99 Å². The fraction of sp³-hybridized carbons (Fsp3) is 0.200. The molecule has 1 aliphatic heterocycles. The molecule has 0 spiro atoms. The Balaban J connectivity index is 2.53. The summed E-state index contributed by atoms with van der Waals surface area (Å²) in [7, 11) is 0. The van der Waals surface area contributed by atoms with Crippen LogP contribution in [0.3, 0.4) is 0 Å². The number of alkyl halides is 3. The van der Waals surface area contributed by atoms with Gasteiger partial charge in [-0.2, -0.15) is 13.2 Å². The minimum atomic E-state index is -4.61. The zero-order valence-corrected chi connectivity index (χ0v) is 9.06. The maximum absolute atomic E-state index is 12.5. The minimum absolute atomic E-state index is 0.0487. The van der Waals surface area contributed by atoms with Crippen molar-refractivity contribution in [3.05, 3.63) is 23.2 Å². The molecule has 1 amide bonds. The summed E-state index contributed by atoms with van der Waals surface area (Å²) < 4.78 is 37.6. The first-order valence-corrected chi connectivity index (χ1v) is 4.98. The highest BCUT2D eigenvalue weighted by molar-refractivity contribution is 6.31. The van der Waals surface area contributed by atoms with Gasteiger partial charge in [-0.15, -0.1) is 0 Å². The predicted octanol–water partition coefficient (Wildman–Crippen LogP) is 3.32. The van der Waals surface area contributed by atoms with Crippen molar-refractivity contribution < 1.29 is 18.0 Å². The summed E-state index contributed by atoms with van der Waals surface area (Å²) in [6.45, 7) is 0. The number of rotatable bonds is 0. The zero-order chi connectivity index (χ0) is 12.6. The van der Waals surface area contributed by atoms with Gasteiger partial charge in [0.1, 0.15) is 5.71 Å². The summed E-state index contributed by atoms with van der Waals surface area (Å²) in [5.41, 5.74) is -0.884. The van der Waals surface area contributed by atoms with E-state index in [1.807, 2.05) is 0 Å². The molecule has 0 fully saturated rings. The molecule has 1 heterocycles. The molecular weight excluding hydrogens is 257 g/mol. The van der Waals surface area contributed by atoms with Crippen molar-refractivity contribution in [1.29, 1.82) is 0 Å². The fourth-order valence-corrected chi connectivity index (χ4v) is 1.57. The van der Waals surface area contributed by atoms with Crippen LogP contribution in [0.4, 0.5) is 24.5 Å². The number of nitrogens with one attached hydrogen (secondary N) is 1. The van der Waals surface area contributed by atoms with Crippen LogP contribution in [0, 0.1) is 0 Å². The van der Waals surface area contributed by atoms with Crippen LogP contribution in [0.2, 0.25) is 5.02 Å². The van der Waals surface area contributed by atoms with Crippen LogP contribution >= 0.6 is 11.6 Å². The summed E-state index contributed by atoms with van der Waals surface area (Å²) >= 11 is 5.68. The Morgan fingerprint density at radius 1 is 1.35 bits per heavy atom. The second-order valence-corrected chi connectivity index (χ2v) is 3.88. The number of nitrogens with zero attached hydrogens (tertiary/aromatic N) is 1. The summed E-state index contributed by atoms with van der Waals surface area (Å²) in [4.78, 5) is 14.7. The Hall–Kier alpha value is -1.56. The number of carbonyl (C=O) groups is 1. The average Bonchev–Trinajstić information content (AvgIpc) is 2.34. The first-order chi connectivity index (χ1) is 7.86. The molecular formula is C10H6ClF3N2O. The Morgan fingerprint density at radius 3 is 2.71 bits per heavy atom. The lowest BCUT2D eigenvalue weighted by Crippen LogP contribution is -2.26. The van der Waals surface area contributed by atoms with Crippen molar-refractivity contribution in [3.63, 3.8) is 0 Å². The van der Waals surface area contributed by atoms with Crippen LogP contribution in [-0.4, -0.2) is 17.8 Å². The monoisotopic (exact) mass is 262 g/mol. The highest BCUT2D eigenvalue weighted by Gasteiger charge is 2.38. The van der Waals surface area contributed by atoms with Gasteiger partial charge >= 0.3 is 6.18 Å². The van der Waals surface area contributed by atoms with E-state index in [1.54, 1.807) is 0 Å². The van der Waals surface area contributed by atoms with Crippen LogP contribution in [0.25, 0.3) is 0 Å². The molecule has 2 rings (SSSR count). The summed E-state index contributed by atoms with van der Waals surface area (Å²) in [5, 5.41) is 2.64. The number of benzene rings is 1. The van der Waals surface area contributed by atoms with Crippen LogP contribution in [0.5, 0.6) is 0 Å². The van der Waals surface area contributed by atoms with Crippen molar-refractivity contribution in [2.45, 2.75) is 12.6 Å². The van der Waals surface area contributed by atoms with E-state index in [1.165, 1.54) is 18.2 Å². The lowest BCUT2D eigenvalue weighted by Gasteiger charge is -2.06. The number of amides is 1. The van der Waals surface area contributed by atoms with Gasteiger partial charge in [-0.3, -0.25) is 4.79 Å². The molecule has 3 nitrogen and oxygen atoms in total. The van der Waals surface area contributed by atoms with E-state index >= 15 is 0 Å². The van der Waals surface area contributed by atoms with Gasteiger partial charge in [0.15, 0.2) is 0 Å². The molecule has 17 heavy (non-hydrogen) atoms. The van der Waals surface area contributed by atoms with Gasteiger partial charge < -0.3 is 5.32 Å². The van der Waals surface area contributed by atoms with Gasteiger partial charge in [0.2, 0.25) is 5.91 Å². The van der Waals surface area contributed by atoms with Crippen molar-refractivity contribution in [3.8, 4) is 0 Å². The number of fused-ring (bicyclic) bond motifs is 1. The largest absolute Gasteiger partial charge is 0.430 e. The van der Waals surface area contributed by atoms with E-state index in [2.05, 4.69) is 10.3 Å². The van der Waals surface area contributed by atoms with E-state index in [4.69, 9.17) is 11.6 Å². The Kier molecular flexibility index (Phi) is 2.82. The van der Waals surface area contributed by atoms with Gasteiger partial charge in [0, 0.05) is 5.02 Å². The Labute approximate surface area is 99.3 Å². The van der Waals surface area contributed by atoms with Crippen LogP contribution < -0.4 is 5.32 Å². The molecule has 0 atom stereocenters. The smallest absolute Gasteiger partial charge is 0.324 e. The molecule has 0 aliphatic carbocycles. The van der Waals surface area contributed by atoms with Gasteiger partial charge in [-0.05, 0) is 18.2 Å². The molecule has 0 saturated heterocycles. The molecule has 1 aromatic rings. The van der Waals surface area contributed by atoms with Crippen LogP contribution in [0.1, 0.15) is 6.42 Å². The summed E-state index contributed by atoms with van der Waals surface area (Å²) in [6.07, 6.45) is -5.41. The van der Waals surface area contributed by atoms with Crippen molar-refractivity contribution >= 4 is 34.6 Å². The zero-order valence-electron chi connectivity index (χ0n) is 8.31. The molecule has 1 aliphatic rings. The van der Waals surface area contributed by atoms with E-state index in [9.17, 15) is 18.0 Å². The lowest BCUT2D eigenvalue weighted by atomic mass is 10.2. The van der Waals surface area contributed by atoms with Crippen LogP contribution in [0.15, 0.2) is 23.2 Å². The van der Waals surface area contributed by atoms with Gasteiger partial charge in [-0.25, -0.2) is 4.99 Å². The number of hydrogen-bond acceptors (Lipinski definition) is 2. The Morgan fingerprint density at radius 2 is 2.06 bits per heavy atom. The molecule has 0 bridgehead atoms. The minimum Gasteiger partial charge on any atom is -0.324 e. The van der Waals surface area contributed by atoms with Gasteiger partial charge in [0.25, 0.3) is 0 Å². The van der Waals surface area contributed by atoms with E-state index < -0.39 is 24.2 Å². The maximum Gasteiger partial charge on any atom is 0.430 e. The fourth-order valence-electron chi connectivity index (χ4n) is 1.40. The second-order valence-electron chi connectivity index (χ2n) is 3.44. The highest BCUT2D eigenvalue weighted by atomic mass is 35.5. The van der Waals surface area contributed by atoms with E-state index in [0.717, 1.165) is 0 Å². The molecule has 0 aromatic heterocycles. The van der Waals surface area contributed by atoms with Crippen LogP contribution in [-0.2, 0) is 4.79 Å². The topological polar surface area (TPSA) is 41.5 Å². The molecule has 1 N–H and O–H groups in total. The third kappa shape index (κ3) is 2.58. The number of halogens is 4. The molecule has 90 valence electrons. The first kappa shape index (κ1) is 11.9. The molecule has 0 unspecified atom stereocenters. The third-order valence-corrected chi connectivity index (χ3v) is 2.38. The van der Waals surface area contributed by atoms with Crippen molar-refractivity contribution in [1.82, 2.24) is 0 Å². The number of anilines is 1. The van der Waals surface area contributed by atoms with Gasteiger partial charge in [-0.1, -0.05) is 11.6 Å². The average molecular weight is 263 g/mol. The van der Waals surface area contributed by atoms with E-state index in [0.29, 0.717) is 5.02 Å². The molecule has 1 aromatic carbocycles. The summed E-state index contributed by atoms with van der Waals surface area (Å²) in [5.74, 6) is -0.762. The predicted molar refractivity (Wildman–Crippen MR) is 57.8 cm³/mol. The van der Waals surface area contributed by atoms with Gasteiger partial charge in [0.05, 0.1) is 17.8 Å². The Bertz CT molecular complexity index is 511. The number of aliphatic imine (C=N–C) groups is 1. The molecule has 0 radical (unpaired) electrons. The van der Waals surface area contributed by atoms with E-state index in [-0.39, 0.29) is 11.4 Å². The number of hydrogen-bond donors (Lipinski definition) is 1. The highest BCUT2D eigenvalue weighted by Crippen LogP contribution is 2.33. The standard InChI is InChI=1S/C10H6ClF3N2O/c11-5-1-2-6-7(3-5)16-9(17)4-8(15-6)10(12,13)14/h1-3H,4H2,(H,16,17). The SMILES string of the molecule is O=C1CC(C(F)(F)F)=Nc2ccc(Cl)cc2N1. The number of carbonyl (C=O) groups excluding carboxylic acids is 1. The maximum atomic E-state index is 12.5. The first-order valence-electron chi connectivity index (χ1n) is 4.60. The summed E-state index contributed by atoms with van der Waals surface area (Å²) in [6, 6.07) is 4.10. The van der Waals surface area contributed by atoms with Crippen molar-refractivity contribution in [2.75, 3.05) is 5.32 Å². The quantitative estimate of drug-likeness (QED) is 0.766. The lowest BCUT2D eigenvalue weighted by molar-refractivity contribution is -0.116. The third-order valence-electron chi connectivity index (χ3n) is 2.14. The molecule has 7 heteroatoms. The molecule has 0 saturated carbocycles. The second kappa shape index (κ2) is 4.03.